The van der Waals surface area contributed by atoms with Gasteiger partial charge in [0.05, 0.1) is 10.7 Å². The topological polar surface area (TPSA) is 86.8 Å². The van der Waals surface area contributed by atoms with Crippen LogP contribution in [0.15, 0.2) is 18.2 Å². The molecule has 0 atom stereocenters. The van der Waals surface area contributed by atoms with E-state index in [1.807, 2.05) is 0 Å². The van der Waals surface area contributed by atoms with E-state index in [1.54, 1.807) is 0 Å². The predicted octanol–water partition coefficient (Wildman–Crippen LogP) is 1.37. The van der Waals surface area contributed by atoms with E-state index < -0.39 is 36.1 Å². The first-order valence-corrected chi connectivity index (χ1v) is 7.20. The van der Waals surface area contributed by atoms with Crippen LogP contribution in [0.3, 0.4) is 0 Å². The zero-order valence-corrected chi connectivity index (χ0v) is 12.5. The molecule has 2 aliphatic rings. The smallest absolute Gasteiger partial charge is 0.323 e. The number of carbonyl (C=O) groups excluding carboxylic acids is 4. The monoisotopic (exact) mass is 339 g/mol. The number of nitrogens with zero attached hydrogens (tertiary/aromatic N) is 2. The highest BCUT2D eigenvalue weighted by atomic mass is 35.5. The third-order valence-electron chi connectivity index (χ3n) is 3.50. The Kier molecular flexibility index (Phi) is 3.77. The van der Waals surface area contributed by atoms with Crippen LogP contribution in [-0.2, 0) is 14.4 Å². The molecule has 1 aromatic rings. The number of rotatable bonds is 4. The molecule has 9 heteroatoms. The fraction of sp³-hybridized carbons (Fsp3) is 0.286. The summed E-state index contributed by atoms with van der Waals surface area (Å²) >= 11 is 5.78. The van der Waals surface area contributed by atoms with Crippen LogP contribution in [0, 0.1) is 5.82 Å². The van der Waals surface area contributed by atoms with Crippen LogP contribution in [-0.4, -0.2) is 46.1 Å². The van der Waals surface area contributed by atoms with E-state index >= 15 is 0 Å². The van der Waals surface area contributed by atoms with Crippen molar-refractivity contribution in [3.63, 3.8) is 0 Å². The molecule has 1 saturated heterocycles. The third kappa shape index (κ3) is 2.89. The number of urea groups is 1. The molecular weight excluding hydrogens is 329 g/mol. The number of anilines is 1. The summed E-state index contributed by atoms with van der Waals surface area (Å²) < 4.78 is 12.9. The molecule has 0 radical (unpaired) electrons. The summed E-state index contributed by atoms with van der Waals surface area (Å²) in [5.74, 6) is -3.22. The lowest BCUT2D eigenvalue weighted by Crippen LogP contribution is -2.39. The van der Waals surface area contributed by atoms with Gasteiger partial charge in [-0.15, -0.1) is 0 Å². The average molecular weight is 340 g/mol. The fourth-order valence-electron chi connectivity index (χ4n) is 2.24. The van der Waals surface area contributed by atoms with Gasteiger partial charge in [-0.05, 0) is 31.0 Å². The second-order valence-corrected chi connectivity index (χ2v) is 5.66. The second kappa shape index (κ2) is 5.62. The molecule has 120 valence electrons. The fourth-order valence-corrected chi connectivity index (χ4v) is 2.46. The molecule has 3 rings (SSSR count). The van der Waals surface area contributed by atoms with Gasteiger partial charge in [0.15, 0.2) is 0 Å². The Morgan fingerprint density at radius 1 is 1.26 bits per heavy atom. The maximum Gasteiger partial charge on any atom is 0.334 e. The van der Waals surface area contributed by atoms with E-state index in [0.29, 0.717) is 17.7 Å². The van der Waals surface area contributed by atoms with Crippen molar-refractivity contribution >= 4 is 41.0 Å². The van der Waals surface area contributed by atoms with Crippen LogP contribution >= 0.6 is 11.6 Å². The van der Waals surface area contributed by atoms with E-state index in [9.17, 15) is 23.6 Å². The van der Waals surface area contributed by atoms with E-state index in [0.717, 1.165) is 17.0 Å². The van der Waals surface area contributed by atoms with Gasteiger partial charge in [-0.1, -0.05) is 11.6 Å². The molecule has 2 fully saturated rings. The molecule has 1 aromatic carbocycles. The minimum absolute atomic E-state index is 0.0203. The lowest BCUT2D eigenvalue weighted by Gasteiger charge is -2.15. The molecule has 1 heterocycles. The summed E-state index contributed by atoms with van der Waals surface area (Å²) in [4.78, 5) is 49.1. The van der Waals surface area contributed by atoms with Gasteiger partial charge in [-0.25, -0.2) is 14.1 Å². The van der Waals surface area contributed by atoms with E-state index in [-0.39, 0.29) is 16.8 Å². The Labute approximate surface area is 135 Å². The number of imide groups is 2. The summed E-state index contributed by atoms with van der Waals surface area (Å²) in [7, 11) is 0. The number of nitrogens with one attached hydrogen (secondary N) is 1. The Bertz CT molecular complexity index is 735. The van der Waals surface area contributed by atoms with Crippen molar-refractivity contribution in [3.8, 4) is 0 Å². The van der Waals surface area contributed by atoms with Crippen LogP contribution in [0.25, 0.3) is 0 Å². The van der Waals surface area contributed by atoms with E-state index in [1.165, 1.54) is 6.07 Å². The van der Waals surface area contributed by atoms with Crippen LogP contribution in [0.2, 0.25) is 5.02 Å². The Morgan fingerprint density at radius 3 is 2.57 bits per heavy atom. The standard InChI is InChI=1S/C14H11ClFN3O4/c15-9-5-7(16)1-4-10(9)17-11(20)6-18-12(21)13(22)19(14(18)23)8-2-3-8/h1,4-5,8H,2-3,6H2,(H,17,20). The number of hydrogen-bond donors (Lipinski definition) is 1. The van der Waals surface area contributed by atoms with Crippen molar-refractivity contribution in [2.24, 2.45) is 0 Å². The van der Waals surface area contributed by atoms with E-state index in [2.05, 4.69) is 5.32 Å². The molecule has 0 spiro atoms. The Balaban J connectivity index is 1.69. The summed E-state index contributed by atoms with van der Waals surface area (Å²) in [6.45, 7) is -0.611. The first-order valence-electron chi connectivity index (χ1n) is 6.82. The van der Waals surface area contributed by atoms with Crippen LogP contribution in [0.1, 0.15) is 12.8 Å². The molecule has 5 amide bonds. The minimum Gasteiger partial charge on any atom is -0.323 e. The number of halogens is 2. The Hall–Kier alpha value is -2.48. The zero-order chi connectivity index (χ0) is 16.7. The first-order chi connectivity index (χ1) is 10.9. The molecule has 23 heavy (non-hydrogen) atoms. The van der Waals surface area contributed by atoms with Crippen molar-refractivity contribution in [2.75, 3.05) is 11.9 Å². The SMILES string of the molecule is O=C(CN1C(=O)C(=O)N(C2CC2)C1=O)Nc1ccc(F)cc1Cl. The molecule has 0 bridgehead atoms. The number of hydrogen-bond acceptors (Lipinski definition) is 4. The van der Waals surface area contributed by atoms with Crippen LogP contribution in [0.5, 0.6) is 0 Å². The lowest BCUT2D eigenvalue weighted by molar-refractivity contribution is -0.143. The number of carbonyl (C=O) groups is 4. The quantitative estimate of drug-likeness (QED) is 0.663. The number of benzene rings is 1. The summed E-state index contributed by atoms with van der Waals surface area (Å²) in [5.41, 5.74) is 0.141. The van der Waals surface area contributed by atoms with Gasteiger partial charge >= 0.3 is 17.8 Å². The zero-order valence-electron chi connectivity index (χ0n) is 11.7. The molecule has 1 aliphatic heterocycles. The van der Waals surface area contributed by atoms with Gasteiger partial charge in [-0.2, -0.15) is 0 Å². The Morgan fingerprint density at radius 2 is 1.96 bits per heavy atom. The van der Waals surface area contributed by atoms with Crippen LogP contribution < -0.4 is 5.32 Å². The molecular formula is C14H11ClFN3O4. The summed E-state index contributed by atoms with van der Waals surface area (Å²) in [5, 5.41) is 2.35. The average Bonchev–Trinajstić information content (AvgIpc) is 3.28. The van der Waals surface area contributed by atoms with Crippen molar-refractivity contribution in [3.05, 3.63) is 29.0 Å². The molecule has 1 aliphatic carbocycles. The lowest BCUT2D eigenvalue weighted by atomic mass is 10.3. The summed E-state index contributed by atoms with van der Waals surface area (Å²) in [6.07, 6.45) is 1.33. The normalized spacial score (nSPS) is 17.9. The highest BCUT2D eigenvalue weighted by Crippen LogP contribution is 2.31. The van der Waals surface area contributed by atoms with Crippen molar-refractivity contribution in [1.82, 2.24) is 9.80 Å². The van der Waals surface area contributed by atoms with Crippen molar-refractivity contribution in [1.29, 1.82) is 0 Å². The second-order valence-electron chi connectivity index (χ2n) is 5.25. The molecule has 1 N–H and O–H groups in total. The van der Waals surface area contributed by atoms with E-state index in [4.69, 9.17) is 11.6 Å². The molecule has 7 nitrogen and oxygen atoms in total. The first kappa shape index (κ1) is 15.4. The van der Waals surface area contributed by atoms with Crippen molar-refractivity contribution < 1.29 is 23.6 Å². The van der Waals surface area contributed by atoms with Gasteiger partial charge in [0.1, 0.15) is 12.4 Å². The minimum atomic E-state index is -1.03. The predicted molar refractivity (Wildman–Crippen MR) is 77.0 cm³/mol. The van der Waals surface area contributed by atoms with Gasteiger partial charge in [0.2, 0.25) is 5.91 Å². The summed E-state index contributed by atoms with van der Waals surface area (Å²) in [6, 6.07) is 2.33. The third-order valence-corrected chi connectivity index (χ3v) is 3.82. The largest absolute Gasteiger partial charge is 0.334 e. The highest BCUT2D eigenvalue weighted by molar-refractivity contribution is 6.45. The highest BCUT2D eigenvalue weighted by Gasteiger charge is 2.51. The maximum atomic E-state index is 12.9. The van der Waals surface area contributed by atoms with Gasteiger partial charge < -0.3 is 5.32 Å². The molecule has 0 aromatic heterocycles. The number of amides is 5. The van der Waals surface area contributed by atoms with Crippen LogP contribution in [0.4, 0.5) is 14.9 Å². The maximum absolute atomic E-state index is 12.9. The molecule has 1 saturated carbocycles. The van der Waals surface area contributed by atoms with Gasteiger partial charge in [0.25, 0.3) is 0 Å². The molecule has 0 unspecified atom stereocenters. The van der Waals surface area contributed by atoms with Gasteiger partial charge in [0, 0.05) is 6.04 Å². The van der Waals surface area contributed by atoms with Crippen molar-refractivity contribution in [2.45, 2.75) is 18.9 Å². The van der Waals surface area contributed by atoms with Gasteiger partial charge in [-0.3, -0.25) is 19.3 Å².